The van der Waals surface area contributed by atoms with Gasteiger partial charge < -0.3 is 4.74 Å². The van der Waals surface area contributed by atoms with Crippen molar-refractivity contribution in [1.29, 1.82) is 5.26 Å². The van der Waals surface area contributed by atoms with E-state index in [0.717, 1.165) is 52.4 Å². The van der Waals surface area contributed by atoms with Crippen molar-refractivity contribution < 1.29 is 4.74 Å². The zero-order chi connectivity index (χ0) is 13.8. The van der Waals surface area contributed by atoms with Gasteiger partial charge in [0, 0.05) is 32.7 Å². The zero-order valence-corrected chi connectivity index (χ0v) is 11.8. The molecule has 2 saturated heterocycles. The highest BCUT2D eigenvalue weighted by Gasteiger charge is 2.43. The molecular formula is C16H21N3O. The Balaban J connectivity index is 1.66. The molecule has 2 aliphatic rings. The van der Waals surface area contributed by atoms with Gasteiger partial charge in [-0.1, -0.05) is 30.3 Å². The van der Waals surface area contributed by atoms with E-state index in [4.69, 9.17) is 4.74 Å². The SMILES string of the molecule is N#CC1(N2CCOCC2)CCN(Cc2ccccc2)C1. The summed E-state index contributed by atoms with van der Waals surface area (Å²) in [5.41, 5.74) is 1.02. The maximum atomic E-state index is 9.69. The molecule has 1 aromatic carbocycles. The molecule has 2 aliphatic heterocycles. The summed E-state index contributed by atoms with van der Waals surface area (Å²) in [5.74, 6) is 0. The zero-order valence-electron chi connectivity index (χ0n) is 11.8. The van der Waals surface area contributed by atoms with Crippen molar-refractivity contribution in [3.63, 3.8) is 0 Å². The quantitative estimate of drug-likeness (QED) is 0.835. The first-order valence-electron chi connectivity index (χ1n) is 7.33. The second-order valence-corrected chi connectivity index (χ2v) is 5.69. The predicted molar refractivity (Wildman–Crippen MR) is 77.1 cm³/mol. The van der Waals surface area contributed by atoms with Gasteiger partial charge in [0.05, 0.1) is 19.3 Å². The molecule has 4 heteroatoms. The third kappa shape index (κ3) is 2.71. The molecule has 0 bridgehead atoms. The van der Waals surface area contributed by atoms with Crippen LogP contribution < -0.4 is 0 Å². The number of morpholine rings is 1. The third-order valence-electron chi connectivity index (χ3n) is 4.40. The van der Waals surface area contributed by atoms with Gasteiger partial charge in [-0.3, -0.25) is 9.80 Å². The van der Waals surface area contributed by atoms with Crippen molar-refractivity contribution in [2.24, 2.45) is 0 Å². The molecule has 3 rings (SSSR count). The van der Waals surface area contributed by atoms with Crippen molar-refractivity contribution in [3.8, 4) is 6.07 Å². The highest BCUT2D eigenvalue weighted by atomic mass is 16.5. The lowest BCUT2D eigenvalue weighted by Gasteiger charge is -2.38. The predicted octanol–water partition coefficient (Wildman–Crippen LogP) is 1.49. The minimum atomic E-state index is -0.307. The molecule has 1 aromatic rings. The maximum Gasteiger partial charge on any atom is 0.123 e. The molecule has 2 fully saturated rings. The van der Waals surface area contributed by atoms with Gasteiger partial charge in [-0.15, -0.1) is 0 Å². The Morgan fingerprint density at radius 3 is 2.60 bits per heavy atom. The summed E-state index contributed by atoms with van der Waals surface area (Å²) in [6, 6.07) is 13.1. The fourth-order valence-corrected chi connectivity index (χ4v) is 3.26. The van der Waals surface area contributed by atoms with Crippen molar-refractivity contribution in [2.45, 2.75) is 18.5 Å². The summed E-state index contributed by atoms with van der Waals surface area (Å²) < 4.78 is 5.41. The first-order valence-corrected chi connectivity index (χ1v) is 7.33. The molecular weight excluding hydrogens is 250 g/mol. The lowest BCUT2D eigenvalue weighted by molar-refractivity contribution is -0.000832. The summed E-state index contributed by atoms with van der Waals surface area (Å²) in [6.07, 6.45) is 0.941. The summed E-state index contributed by atoms with van der Waals surface area (Å²) in [5, 5.41) is 9.69. The van der Waals surface area contributed by atoms with Crippen LogP contribution in [0, 0.1) is 11.3 Å². The molecule has 0 N–H and O–H groups in total. The number of nitrogens with zero attached hydrogens (tertiary/aromatic N) is 3. The first kappa shape index (κ1) is 13.6. The smallest absolute Gasteiger partial charge is 0.123 e. The van der Waals surface area contributed by atoms with E-state index in [2.05, 4.69) is 40.1 Å². The van der Waals surface area contributed by atoms with Crippen LogP contribution in [0.5, 0.6) is 0 Å². The van der Waals surface area contributed by atoms with Crippen LogP contribution in [0.4, 0.5) is 0 Å². The Labute approximate surface area is 120 Å². The minimum absolute atomic E-state index is 0.307. The number of rotatable bonds is 3. The van der Waals surface area contributed by atoms with E-state index in [9.17, 15) is 5.26 Å². The minimum Gasteiger partial charge on any atom is -0.379 e. The van der Waals surface area contributed by atoms with Crippen LogP contribution in [0.2, 0.25) is 0 Å². The van der Waals surface area contributed by atoms with Crippen LogP contribution in [0.15, 0.2) is 30.3 Å². The lowest BCUT2D eigenvalue weighted by atomic mass is 9.97. The molecule has 0 aliphatic carbocycles. The molecule has 2 heterocycles. The summed E-state index contributed by atoms with van der Waals surface area (Å²) >= 11 is 0. The molecule has 4 nitrogen and oxygen atoms in total. The lowest BCUT2D eigenvalue weighted by Crippen LogP contribution is -2.54. The highest BCUT2D eigenvalue weighted by Crippen LogP contribution is 2.29. The van der Waals surface area contributed by atoms with Crippen molar-refractivity contribution in [2.75, 3.05) is 39.4 Å². The van der Waals surface area contributed by atoms with E-state index in [1.165, 1.54) is 5.56 Å². The van der Waals surface area contributed by atoms with E-state index in [-0.39, 0.29) is 5.54 Å². The van der Waals surface area contributed by atoms with Gasteiger partial charge in [0.2, 0.25) is 0 Å². The molecule has 106 valence electrons. The Hall–Kier alpha value is -1.41. The number of hydrogen-bond donors (Lipinski definition) is 0. The standard InChI is InChI=1S/C16H21N3O/c17-13-16(19-8-10-20-11-9-19)6-7-18(14-16)12-15-4-2-1-3-5-15/h1-5H,6-12,14H2. The molecule has 20 heavy (non-hydrogen) atoms. The highest BCUT2D eigenvalue weighted by molar-refractivity contribution is 5.18. The third-order valence-corrected chi connectivity index (χ3v) is 4.40. The van der Waals surface area contributed by atoms with Gasteiger partial charge in [-0.05, 0) is 12.0 Å². The van der Waals surface area contributed by atoms with Gasteiger partial charge >= 0.3 is 0 Å². The van der Waals surface area contributed by atoms with Crippen LogP contribution in [-0.2, 0) is 11.3 Å². The van der Waals surface area contributed by atoms with Gasteiger partial charge in [0.1, 0.15) is 5.54 Å². The molecule has 1 unspecified atom stereocenters. The van der Waals surface area contributed by atoms with E-state index >= 15 is 0 Å². The van der Waals surface area contributed by atoms with Crippen molar-refractivity contribution in [1.82, 2.24) is 9.80 Å². The molecule has 0 amide bonds. The topological polar surface area (TPSA) is 39.5 Å². The number of hydrogen-bond acceptors (Lipinski definition) is 4. The molecule has 1 atom stereocenters. The number of likely N-dealkylation sites (tertiary alicyclic amines) is 1. The van der Waals surface area contributed by atoms with Gasteiger partial charge in [-0.25, -0.2) is 0 Å². The average Bonchev–Trinajstić information content (AvgIpc) is 2.94. The summed E-state index contributed by atoms with van der Waals surface area (Å²) in [6.45, 7) is 6.05. The molecule has 0 spiro atoms. The molecule has 0 radical (unpaired) electrons. The van der Waals surface area contributed by atoms with Crippen LogP contribution in [0.3, 0.4) is 0 Å². The van der Waals surface area contributed by atoms with Gasteiger partial charge in [0.25, 0.3) is 0 Å². The summed E-state index contributed by atoms with van der Waals surface area (Å²) in [4.78, 5) is 4.72. The van der Waals surface area contributed by atoms with E-state index in [0.29, 0.717) is 0 Å². The second kappa shape index (κ2) is 5.92. The maximum absolute atomic E-state index is 9.69. The van der Waals surface area contributed by atoms with Crippen LogP contribution in [0.25, 0.3) is 0 Å². The Morgan fingerprint density at radius 1 is 1.15 bits per heavy atom. The number of nitriles is 1. The molecule has 0 aromatic heterocycles. The van der Waals surface area contributed by atoms with E-state index in [1.807, 2.05) is 6.07 Å². The number of benzene rings is 1. The van der Waals surface area contributed by atoms with Crippen LogP contribution >= 0.6 is 0 Å². The van der Waals surface area contributed by atoms with Gasteiger partial charge in [-0.2, -0.15) is 5.26 Å². The van der Waals surface area contributed by atoms with Crippen LogP contribution in [0.1, 0.15) is 12.0 Å². The van der Waals surface area contributed by atoms with E-state index in [1.54, 1.807) is 0 Å². The second-order valence-electron chi connectivity index (χ2n) is 5.69. The first-order chi connectivity index (χ1) is 9.82. The Kier molecular flexibility index (Phi) is 4.02. The number of ether oxygens (including phenoxy) is 1. The molecule has 0 saturated carbocycles. The van der Waals surface area contributed by atoms with Crippen LogP contribution in [-0.4, -0.2) is 54.7 Å². The van der Waals surface area contributed by atoms with Crippen molar-refractivity contribution in [3.05, 3.63) is 35.9 Å². The fourth-order valence-electron chi connectivity index (χ4n) is 3.26. The average molecular weight is 271 g/mol. The van der Waals surface area contributed by atoms with Crippen molar-refractivity contribution >= 4 is 0 Å². The Bertz CT molecular complexity index is 478. The largest absolute Gasteiger partial charge is 0.379 e. The van der Waals surface area contributed by atoms with E-state index < -0.39 is 0 Å². The monoisotopic (exact) mass is 271 g/mol. The fraction of sp³-hybridized carbons (Fsp3) is 0.562. The summed E-state index contributed by atoms with van der Waals surface area (Å²) in [7, 11) is 0. The van der Waals surface area contributed by atoms with Gasteiger partial charge in [0.15, 0.2) is 0 Å². The normalized spacial score (nSPS) is 28.4. The Morgan fingerprint density at radius 2 is 1.90 bits per heavy atom.